The Labute approximate surface area is 114 Å². The van der Waals surface area contributed by atoms with Crippen LogP contribution in [0.2, 0.25) is 0 Å². The van der Waals surface area contributed by atoms with E-state index in [-0.39, 0.29) is 5.91 Å². The summed E-state index contributed by atoms with van der Waals surface area (Å²) in [5.74, 6) is -0.247. The van der Waals surface area contributed by atoms with E-state index >= 15 is 0 Å². The van der Waals surface area contributed by atoms with Gasteiger partial charge in [-0.15, -0.1) is 0 Å². The van der Waals surface area contributed by atoms with Crippen molar-refractivity contribution in [3.8, 4) is 6.07 Å². The van der Waals surface area contributed by atoms with Crippen molar-refractivity contribution in [1.82, 2.24) is 0 Å². The number of nitrogens with zero attached hydrogens (tertiary/aromatic N) is 1. The summed E-state index contributed by atoms with van der Waals surface area (Å²) in [6.07, 6.45) is 0.997. The molecule has 102 valence electrons. The zero-order valence-corrected chi connectivity index (χ0v) is 11.7. The highest BCUT2D eigenvalue weighted by Crippen LogP contribution is 2.28. The van der Waals surface area contributed by atoms with Crippen molar-refractivity contribution in [3.63, 3.8) is 0 Å². The Hall–Kier alpha value is -1.86. The van der Waals surface area contributed by atoms with Crippen molar-refractivity contribution in [2.45, 2.75) is 33.3 Å². The van der Waals surface area contributed by atoms with E-state index in [0.717, 1.165) is 5.56 Å². The quantitative estimate of drug-likeness (QED) is 0.854. The van der Waals surface area contributed by atoms with Gasteiger partial charge >= 0.3 is 0 Å². The van der Waals surface area contributed by atoms with Crippen LogP contribution >= 0.6 is 0 Å². The first-order valence-corrected chi connectivity index (χ1v) is 6.43. The minimum Gasteiger partial charge on any atom is -0.380 e. The molecule has 4 nitrogen and oxygen atoms in total. The number of hydrogen-bond donors (Lipinski definition) is 1. The van der Waals surface area contributed by atoms with E-state index in [0.29, 0.717) is 25.1 Å². The molecule has 1 N–H and O–H groups in total. The molecule has 0 saturated carbocycles. The van der Waals surface area contributed by atoms with Gasteiger partial charge in [-0.05, 0) is 18.9 Å². The van der Waals surface area contributed by atoms with Crippen molar-refractivity contribution >= 4 is 11.6 Å². The largest absolute Gasteiger partial charge is 0.380 e. The van der Waals surface area contributed by atoms with E-state index in [2.05, 4.69) is 11.4 Å². The SMILES string of the molecule is CCC(C#N)(CC)C(=O)Nc1ccccc1COC. The Morgan fingerprint density at radius 1 is 1.37 bits per heavy atom. The second-order valence-electron chi connectivity index (χ2n) is 4.45. The van der Waals surface area contributed by atoms with Crippen LogP contribution in [0.15, 0.2) is 24.3 Å². The molecule has 1 amide bonds. The molecule has 19 heavy (non-hydrogen) atoms. The molecule has 0 aliphatic rings. The van der Waals surface area contributed by atoms with Crippen LogP contribution < -0.4 is 5.32 Å². The lowest BCUT2D eigenvalue weighted by Crippen LogP contribution is -2.34. The highest BCUT2D eigenvalue weighted by molar-refractivity contribution is 5.97. The molecule has 0 atom stereocenters. The maximum Gasteiger partial charge on any atom is 0.244 e. The summed E-state index contributed by atoms with van der Waals surface area (Å²) in [5.41, 5.74) is 0.647. The van der Waals surface area contributed by atoms with Crippen molar-refractivity contribution in [2.75, 3.05) is 12.4 Å². The standard InChI is InChI=1S/C15H20N2O2/c1-4-15(5-2,11-16)14(18)17-13-9-7-6-8-12(13)10-19-3/h6-9H,4-5,10H2,1-3H3,(H,17,18). The van der Waals surface area contributed by atoms with Gasteiger partial charge in [0.2, 0.25) is 5.91 Å². The summed E-state index contributed by atoms with van der Waals surface area (Å²) in [4.78, 5) is 12.3. The van der Waals surface area contributed by atoms with Crippen molar-refractivity contribution < 1.29 is 9.53 Å². The number of rotatable bonds is 6. The summed E-state index contributed by atoms with van der Waals surface area (Å²) in [6.45, 7) is 4.13. The Kier molecular flexibility index (Phi) is 5.53. The first-order valence-electron chi connectivity index (χ1n) is 6.43. The smallest absolute Gasteiger partial charge is 0.244 e. The summed E-state index contributed by atoms with van der Waals surface area (Å²) in [6, 6.07) is 9.59. The van der Waals surface area contributed by atoms with Gasteiger partial charge in [-0.1, -0.05) is 32.0 Å². The Morgan fingerprint density at radius 2 is 2.00 bits per heavy atom. The van der Waals surface area contributed by atoms with Gasteiger partial charge < -0.3 is 10.1 Å². The van der Waals surface area contributed by atoms with Gasteiger partial charge in [0.1, 0.15) is 5.41 Å². The molecule has 0 heterocycles. The third-order valence-corrected chi connectivity index (χ3v) is 3.42. The molecule has 0 radical (unpaired) electrons. The first kappa shape index (κ1) is 15.2. The number of ether oxygens (including phenoxy) is 1. The van der Waals surface area contributed by atoms with E-state index in [1.165, 1.54) is 0 Å². The fourth-order valence-corrected chi connectivity index (χ4v) is 1.95. The van der Waals surface area contributed by atoms with Gasteiger partial charge in [-0.3, -0.25) is 4.79 Å². The Morgan fingerprint density at radius 3 is 2.53 bits per heavy atom. The summed E-state index contributed by atoms with van der Waals surface area (Å²) in [5, 5.41) is 12.1. The summed E-state index contributed by atoms with van der Waals surface area (Å²) >= 11 is 0. The number of nitrogens with one attached hydrogen (secondary N) is 1. The molecule has 1 rings (SSSR count). The van der Waals surface area contributed by atoms with E-state index in [1.54, 1.807) is 7.11 Å². The zero-order valence-electron chi connectivity index (χ0n) is 11.7. The van der Waals surface area contributed by atoms with Crippen LogP contribution in [-0.4, -0.2) is 13.0 Å². The monoisotopic (exact) mass is 260 g/mol. The molecule has 4 heteroatoms. The van der Waals surface area contributed by atoms with E-state index in [9.17, 15) is 10.1 Å². The molecule has 0 saturated heterocycles. The second kappa shape index (κ2) is 6.91. The number of benzene rings is 1. The van der Waals surface area contributed by atoms with Gasteiger partial charge in [0.25, 0.3) is 0 Å². The average Bonchev–Trinajstić information content (AvgIpc) is 2.44. The van der Waals surface area contributed by atoms with Crippen molar-refractivity contribution in [2.24, 2.45) is 5.41 Å². The highest BCUT2D eigenvalue weighted by Gasteiger charge is 2.35. The topological polar surface area (TPSA) is 62.1 Å². The Balaban J connectivity index is 2.97. The number of hydrogen-bond acceptors (Lipinski definition) is 3. The average molecular weight is 260 g/mol. The molecule has 1 aromatic rings. The predicted molar refractivity (Wildman–Crippen MR) is 74.4 cm³/mol. The molecule has 0 aliphatic carbocycles. The van der Waals surface area contributed by atoms with E-state index < -0.39 is 5.41 Å². The minimum absolute atomic E-state index is 0.247. The number of anilines is 1. The lowest BCUT2D eigenvalue weighted by atomic mass is 9.83. The highest BCUT2D eigenvalue weighted by atomic mass is 16.5. The normalized spacial score (nSPS) is 10.8. The maximum atomic E-state index is 12.3. The van der Waals surface area contributed by atoms with Gasteiger partial charge in [0.05, 0.1) is 12.7 Å². The second-order valence-corrected chi connectivity index (χ2v) is 4.45. The van der Waals surface area contributed by atoms with Gasteiger partial charge in [0, 0.05) is 18.4 Å². The summed E-state index contributed by atoms with van der Waals surface area (Å²) < 4.78 is 5.10. The molecule has 0 spiro atoms. The first-order chi connectivity index (χ1) is 9.13. The number of carbonyl (C=O) groups is 1. The van der Waals surface area contributed by atoms with E-state index in [1.807, 2.05) is 38.1 Å². The van der Waals surface area contributed by atoms with Gasteiger partial charge in [-0.25, -0.2) is 0 Å². The number of methoxy groups -OCH3 is 1. The molecule has 0 unspecified atom stereocenters. The van der Waals surface area contributed by atoms with Crippen LogP contribution in [0.4, 0.5) is 5.69 Å². The molecule has 0 aliphatic heterocycles. The number of amides is 1. The summed E-state index contributed by atoms with van der Waals surface area (Å²) in [7, 11) is 1.61. The van der Waals surface area contributed by atoms with Crippen LogP contribution in [0, 0.1) is 16.7 Å². The van der Waals surface area contributed by atoms with Crippen LogP contribution in [0.25, 0.3) is 0 Å². The van der Waals surface area contributed by atoms with Crippen LogP contribution in [0.5, 0.6) is 0 Å². The molecular weight excluding hydrogens is 240 g/mol. The van der Waals surface area contributed by atoms with Crippen molar-refractivity contribution in [3.05, 3.63) is 29.8 Å². The fourth-order valence-electron chi connectivity index (χ4n) is 1.95. The van der Waals surface area contributed by atoms with Crippen molar-refractivity contribution in [1.29, 1.82) is 5.26 Å². The molecule has 1 aromatic carbocycles. The lowest BCUT2D eigenvalue weighted by molar-refractivity contribution is -0.123. The number of para-hydroxylation sites is 1. The number of carbonyl (C=O) groups excluding carboxylic acids is 1. The van der Waals surface area contributed by atoms with Crippen LogP contribution in [0.3, 0.4) is 0 Å². The van der Waals surface area contributed by atoms with Gasteiger partial charge in [-0.2, -0.15) is 5.26 Å². The minimum atomic E-state index is -0.958. The molecule has 0 bridgehead atoms. The Bertz CT molecular complexity index is 473. The van der Waals surface area contributed by atoms with Crippen LogP contribution in [-0.2, 0) is 16.1 Å². The van der Waals surface area contributed by atoms with Gasteiger partial charge in [0.15, 0.2) is 0 Å². The predicted octanol–water partition coefficient (Wildman–Crippen LogP) is 3.10. The molecule has 0 aromatic heterocycles. The lowest BCUT2D eigenvalue weighted by Gasteiger charge is -2.23. The fraction of sp³-hybridized carbons (Fsp3) is 0.467. The molecular formula is C15H20N2O2. The zero-order chi connectivity index (χ0) is 14.3. The third-order valence-electron chi connectivity index (χ3n) is 3.42. The number of nitriles is 1. The van der Waals surface area contributed by atoms with E-state index in [4.69, 9.17) is 4.74 Å². The van der Waals surface area contributed by atoms with Crippen LogP contribution in [0.1, 0.15) is 32.3 Å². The molecule has 0 fully saturated rings. The maximum absolute atomic E-state index is 12.3. The third kappa shape index (κ3) is 3.33.